The van der Waals surface area contributed by atoms with Gasteiger partial charge in [0.05, 0.1) is 29.8 Å². The summed E-state index contributed by atoms with van der Waals surface area (Å²) in [7, 11) is 0. The van der Waals surface area contributed by atoms with Crippen molar-refractivity contribution in [2.45, 2.75) is 19.9 Å². The summed E-state index contributed by atoms with van der Waals surface area (Å²) in [6, 6.07) is 13.8. The van der Waals surface area contributed by atoms with Gasteiger partial charge in [-0.3, -0.25) is 14.4 Å². The molecule has 0 bridgehead atoms. The van der Waals surface area contributed by atoms with E-state index in [1.54, 1.807) is 21.8 Å². The van der Waals surface area contributed by atoms with Crippen LogP contribution in [0.3, 0.4) is 0 Å². The van der Waals surface area contributed by atoms with E-state index in [2.05, 4.69) is 10.1 Å². The second-order valence-corrected chi connectivity index (χ2v) is 7.69. The Hall–Kier alpha value is -3.26. The Morgan fingerprint density at radius 2 is 2.07 bits per heavy atom. The van der Waals surface area contributed by atoms with Crippen LogP contribution in [0, 0.1) is 5.82 Å². The quantitative estimate of drug-likeness (QED) is 0.423. The second kappa shape index (κ2) is 9.04. The topological polar surface area (TPSA) is 60.2 Å². The number of aromatic nitrogens is 3. The normalized spacial score (nSPS) is 11.0. The van der Waals surface area contributed by atoms with E-state index in [1.165, 1.54) is 23.5 Å². The fraction of sp³-hybridized carbons (Fsp3) is 0.227. The van der Waals surface area contributed by atoms with E-state index in [9.17, 15) is 9.18 Å². The molecule has 0 spiro atoms. The van der Waals surface area contributed by atoms with Crippen molar-refractivity contribution in [1.29, 1.82) is 0 Å². The monoisotopic (exact) mass is 424 g/mol. The molecule has 0 N–H and O–H groups in total. The maximum atomic E-state index is 13.6. The smallest absolute Gasteiger partial charge is 0.233 e. The third-order valence-electron chi connectivity index (χ3n) is 4.57. The molecule has 154 valence electrons. The minimum Gasteiger partial charge on any atom is -0.494 e. The Morgan fingerprint density at radius 1 is 1.23 bits per heavy atom. The summed E-state index contributed by atoms with van der Waals surface area (Å²) in [6.45, 7) is 3.47. The SMILES string of the molecule is CCOc1ccc(CC(=O)N(CCn2cccn2)c2nc3ccc(F)cc3s2)cc1. The number of anilines is 1. The molecule has 0 saturated carbocycles. The lowest BCUT2D eigenvalue weighted by Crippen LogP contribution is -2.35. The highest BCUT2D eigenvalue weighted by Gasteiger charge is 2.20. The lowest BCUT2D eigenvalue weighted by atomic mass is 10.1. The van der Waals surface area contributed by atoms with Crippen molar-refractivity contribution in [3.63, 3.8) is 0 Å². The first-order chi connectivity index (χ1) is 14.6. The molecule has 6 nitrogen and oxygen atoms in total. The van der Waals surface area contributed by atoms with Gasteiger partial charge in [-0.05, 0) is 48.9 Å². The predicted octanol–water partition coefficient (Wildman–Crippen LogP) is 4.31. The van der Waals surface area contributed by atoms with Gasteiger partial charge in [-0.1, -0.05) is 23.5 Å². The van der Waals surface area contributed by atoms with Crippen molar-refractivity contribution in [1.82, 2.24) is 14.8 Å². The lowest BCUT2D eigenvalue weighted by molar-refractivity contribution is -0.118. The minimum absolute atomic E-state index is 0.0779. The molecule has 0 fully saturated rings. The van der Waals surface area contributed by atoms with E-state index >= 15 is 0 Å². The highest BCUT2D eigenvalue weighted by molar-refractivity contribution is 7.22. The van der Waals surface area contributed by atoms with E-state index in [4.69, 9.17) is 4.74 Å². The van der Waals surface area contributed by atoms with Crippen molar-refractivity contribution in [2.75, 3.05) is 18.1 Å². The van der Waals surface area contributed by atoms with Gasteiger partial charge in [-0.2, -0.15) is 5.10 Å². The molecule has 0 aliphatic carbocycles. The number of hydrogen-bond donors (Lipinski definition) is 0. The van der Waals surface area contributed by atoms with Crippen LogP contribution in [-0.2, 0) is 17.8 Å². The molecular formula is C22H21FN4O2S. The number of ether oxygens (including phenoxy) is 1. The van der Waals surface area contributed by atoms with Gasteiger partial charge in [0.15, 0.2) is 5.13 Å². The van der Waals surface area contributed by atoms with Crippen LogP contribution < -0.4 is 9.64 Å². The van der Waals surface area contributed by atoms with Crippen LogP contribution in [0.2, 0.25) is 0 Å². The number of benzene rings is 2. The first-order valence-corrected chi connectivity index (χ1v) is 10.5. The molecule has 0 aliphatic heterocycles. The number of nitrogens with zero attached hydrogens (tertiary/aromatic N) is 4. The van der Waals surface area contributed by atoms with Crippen LogP contribution in [0.5, 0.6) is 5.75 Å². The number of carbonyl (C=O) groups excluding carboxylic acids is 1. The maximum Gasteiger partial charge on any atom is 0.233 e. The van der Waals surface area contributed by atoms with Crippen LogP contribution in [0.15, 0.2) is 60.9 Å². The standard InChI is InChI=1S/C22H21FN4O2S/c1-2-29-18-7-4-16(5-8-18)14-21(28)27(13-12-26-11-3-10-24-26)22-25-19-9-6-17(23)15-20(19)30-22/h3-11,15H,2,12-14H2,1H3. The molecule has 2 aromatic heterocycles. The van der Waals surface area contributed by atoms with Crippen LogP contribution in [0.4, 0.5) is 9.52 Å². The Morgan fingerprint density at radius 3 is 2.80 bits per heavy atom. The molecule has 0 atom stereocenters. The Balaban J connectivity index is 1.57. The molecule has 4 rings (SSSR count). The van der Waals surface area contributed by atoms with Crippen molar-refractivity contribution in [2.24, 2.45) is 0 Å². The van der Waals surface area contributed by atoms with E-state index in [1.807, 2.05) is 43.5 Å². The minimum atomic E-state index is -0.318. The molecule has 0 unspecified atom stereocenters. The van der Waals surface area contributed by atoms with Gasteiger partial charge in [0, 0.05) is 18.9 Å². The summed E-state index contributed by atoms with van der Waals surface area (Å²) in [6.07, 6.45) is 3.78. The number of amides is 1. The summed E-state index contributed by atoms with van der Waals surface area (Å²) >= 11 is 1.31. The van der Waals surface area contributed by atoms with Gasteiger partial charge < -0.3 is 4.74 Å². The average molecular weight is 425 g/mol. The number of carbonyl (C=O) groups is 1. The van der Waals surface area contributed by atoms with Gasteiger partial charge in [0.2, 0.25) is 5.91 Å². The molecular weight excluding hydrogens is 403 g/mol. The van der Waals surface area contributed by atoms with Crippen molar-refractivity contribution < 1.29 is 13.9 Å². The zero-order valence-corrected chi connectivity index (χ0v) is 17.3. The second-order valence-electron chi connectivity index (χ2n) is 6.68. The molecule has 0 radical (unpaired) electrons. The highest BCUT2D eigenvalue weighted by Crippen LogP contribution is 2.30. The van der Waals surface area contributed by atoms with E-state index in [-0.39, 0.29) is 18.1 Å². The van der Waals surface area contributed by atoms with Crippen LogP contribution >= 0.6 is 11.3 Å². The molecule has 8 heteroatoms. The summed E-state index contributed by atoms with van der Waals surface area (Å²) < 4.78 is 21.5. The third-order valence-corrected chi connectivity index (χ3v) is 5.61. The largest absolute Gasteiger partial charge is 0.494 e. The predicted molar refractivity (Wildman–Crippen MR) is 115 cm³/mol. The summed E-state index contributed by atoms with van der Waals surface area (Å²) in [5.74, 6) is 0.379. The van der Waals surface area contributed by atoms with Gasteiger partial charge in [0.1, 0.15) is 11.6 Å². The summed E-state index contributed by atoms with van der Waals surface area (Å²) in [5, 5.41) is 4.76. The van der Waals surface area contributed by atoms with Gasteiger partial charge in [-0.25, -0.2) is 9.37 Å². The number of rotatable bonds is 8. The molecule has 4 aromatic rings. The highest BCUT2D eigenvalue weighted by atomic mass is 32.1. The average Bonchev–Trinajstić information content (AvgIpc) is 3.39. The molecule has 2 aromatic carbocycles. The van der Waals surface area contributed by atoms with Crippen molar-refractivity contribution >= 4 is 32.6 Å². The Kier molecular flexibility index (Phi) is 6.04. The zero-order valence-electron chi connectivity index (χ0n) is 16.5. The van der Waals surface area contributed by atoms with E-state index in [0.29, 0.717) is 35.0 Å². The van der Waals surface area contributed by atoms with E-state index in [0.717, 1.165) is 11.3 Å². The number of thiazole rings is 1. The molecule has 0 saturated heterocycles. The summed E-state index contributed by atoms with van der Waals surface area (Å²) in [5.41, 5.74) is 1.56. The molecule has 30 heavy (non-hydrogen) atoms. The first-order valence-electron chi connectivity index (χ1n) is 9.68. The Bertz CT molecular complexity index is 1130. The van der Waals surface area contributed by atoms with Gasteiger partial charge in [-0.15, -0.1) is 0 Å². The van der Waals surface area contributed by atoms with Crippen molar-refractivity contribution in [3.05, 3.63) is 72.3 Å². The van der Waals surface area contributed by atoms with Crippen LogP contribution in [-0.4, -0.2) is 33.8 Å². The molecule has 2 heterocycles. The van der Waals surface area contributed by atoms with Gasteiger partial charge in [0.25, 0.3) is 0 Å². The molecule has 1 amide bonds. The lowest BCUT2D eigenvalue weighted by Gasteiger charge is -2.20. The van der Waals surface area contributed by atoms with E-state index < -0.39 is 0 Å². The fourth-order valence-corrected chi connectivity index (χ4v) is 4.14. The summed E-state index contributed by atoms with van der Waals surface area (Å²) in [4.78, 5) is 19.4. The van der Waals surface area contributed by atoms with Crippen LogP contribution in [0.1, 0.15) is 12.5 Å². The first kappa shape index (κ1) is 20.0. The zero-order chi connectivity index (χ0) is 20.9. The van der Waals surface area contributed by atoms with Crippen LogP contribution in [0.25, 0.3) is 10.2 Å². The van der Waals surface area contributed by atoms with Gasteiger partial charge >= 0.3 is 0 Å². The van der Waals surface area contributed by atoms with Crippen molar-refractivity contribution in [3.8, 4) is 5.75 Å². The Labute approximate surface area is 177 Å². The molecule has 0 aliphatic rings. The number of hydrogen-bond acceptors (Lipinski definition) is 5. The third kappa shape index (κ3) is 4.65. The number of halogens is 1. The fourth-order valence-electron chi connectivity index (χ4n) is 3.10. The maximum absolute atomic E-state index is 13.6. The number of fused-ring (bicyclic) bond motifs is 1.